The Morgan fingerprint density at radius 2 is 1.94 bits per heavy atom. The Morgan fingerprint density at radius 3 is 2.47 bits per heavy atom. The Bertz CT molecular complexity index is 341. The molecule has 0 aliphatic heterocycles. The molecule has 0 radical (unpaired) electrons. The van der Waals surface area contributed by atoms with E-state index >= 15 is 0 Å². The number of aromatic nitrogens is 2. The van der Waals surface area contributed by atoms with Crippen LogP contribution in [0.3, 0.4) is 0 Å². The molecule has 0 N–H and O–H groups in total. The topological polar surface area (TPSA) is 32.3 Å². The first-order chi connectivity index (χ1) is 7.99. The van der Waals surface area contributed by atoms with Crippen LogP contribution in [0.2, 0.25) is 5.15 Å². The molecule has 1 aromatic rings. The minimum atomic E-state index is 0.494. The zero-order valence-corrected chi connectivity index (χ0v) is 11.8. The lowest BCUT2D eigenvalue weighted by molar-refractivity contribution is 0.408. The van der Waals surface area contributed by atoms with Gasteiger partial charge in [-0.1, -0.05) is 25.4 Å². The summed E-state index contributed by atoms with van der Waals surface area (Å²) in [7, 11) is 4.14. The third-order valence-corrected chi connectivity index (χ3v) is 2.55. The summed E-state index contributed by atoms with van der Waals surface area (Å²) < 4.78 is 0. The van der Waals surface area contributed by atoms with Gasteiger partial charge in [0.2, 0.25) is 0 Å². The van der Waals surface area contributed by atoms with E-state index in [9.17, 15) is 0 Å². The van der Waals surface area contributed by atoms with Crippen LogP contribution in [-0.4, -0.2) is 48.6 Å². The molecule has 0 amide bonds. The quantitative estimate of drug-likeness (QED) is 0.730. The third kappa shape index (κ3) is 5.33. The van der Waals surface area contributed by atoms with Gasteiger partial charge >= 0.3 is 0 Å². The highest BCUT2D eigenvalue weighted by Gasteiger charge is 2.10. The number of rotatable bonds is 6. The molecule has 0 atom stereocenters. The molecule has 0 bridgehead atoms. The second-order valence-electron chi connectivity index (χ2n) is 4.84. The van der Waals surface area contributed by atoms with Crippen molar-refractivity contribution in [3.05, 3.63) is 17.5 Å². The van der Waals surface area contributed by atoms with E-state index in [1.54, 1.807) is 0 Å². The average Bonchev–Trinajstić information content (AvgIpc) is 2.23. The second-order valence-corrected chi connectivity index (χ2v) is 5.23. The predicted molar refractivity (Wildman–Crippen MR) is 72.6 cm³/mol. The van der Waals surface area contributed by atoms with Gasteiger partial charge < -0.3 is 9.80 Å². The molecule has 1 heterocycles. The van der Waals surface area contributed by atoms with Crippen molar-refractivity contribution in [2.75, 3.05) is 38.6 Å². The Labute approximate surface area is 109 Å². The van der Waals surface area contributed by atoms with E-state index in [1.807, 2.05) is 6.07 Å². The highest BCUT2D eigenvalue weighted by atomic mass is 35.5. The molecule has 1 aromatic heterocycles. The van der Waals surface area contributed by atoms with Crippen LogP contribution in [0.1, 0.15) is 13.8 Å². The fraction of sp³-hybridized carbons (Fsp3) is 0.667. The van der Waals surface area contributed by atoms with Crippen molar-refractivity contribution in [1.82, 2.24) is 14.9 Å². The van der Waals surface area contributed by atoms with Gasteiger partial charge in [-0.2, -0.15) is 0 Å². The van der Waals surface area contributed by atoms with Crippen LogP contribution in [0, 0.1) is 5.92 Å². The van der Waals surface area contributed by atoms with E-state index in [-0.39, 0.29) is 0 Å². The molecule has 0 saturated heterocycles. The summed E-state index contributed by atoms with van der Waals surface area (Å²) in [5.74, 6) is 1.49. The highest BCUT2D eigenvalue weighted by Crippen LogP contribution is 2.15. The van der Waals surface area contributed by atoms with Gasteiger partial charge in [0.05, 0.1) is 0 Å². The molecule has 5 heteroatoms. The first-order valence-corrected chi connectivity index (χ1v) is 6.24. The number of likely N-dealkylation sites (N-methyl/N-ethyl adjacent to an activating group) is 1. The van der Waals surface area contributed by atoms with E-state index < -0.39 is 0 Å². The second kappa shape index (κ2) is 6.77. The van der Waals surface area contributed by atoms with E-state index in [1.165, 1.54) is 6.33 Å². The highest BCUT2D eigenvalue weighted by molar-refractivity contribution is 6.29. The van der Waals surface area contributed by atoms with Crippen molar-refractivity contribution in [2.24, 2.45) is 5.92 Å². The monoisotopic (exact) mass is 256 g/mol. The zero-order valence-electron chi connectivity index (χ0n) is 11.0. The maximum absolute atomic E-state index is 5.90. The predicted octanol–water partition coefficient (Wildman–Crippen LogP) is 2.15. The number of nitrogens with zero attached hydrogens (tertiary/aromatic N) is 4. The first kappa shape index (κ1) is 14.2. The van der Waals surface area contributed by atoms with Crippen LogP contribution < -0.4 is 4.90 Å². The van der Waals surface area contributed by atoms with Gasteiger partial charge in [-0.25, -0.2) is 9.97 Å². The number of hydrogen-bond acceptors (Lipinski definition) is 4. The van der Waals surface area contributed by atoms with Gasteiger partial charge in [0.15, 0.2) is 0 Å². The molecule has 0 saturated carbocycles. The standard InChI is InChI=1S/C12H21ClN4/c1-10(2)8-17(6-5-16(3)4)12-7-11(13)14-9-15-12/h7,9-10H,5-6,8H2,1-4H3. The first-order valence-electron chi connectivity index (χ1n) is 5.86. The molecular weight excluding hydrogens is 236 g/mol. The third-order valence-electron chi connectivity index (χ3n) is 2.35. The van der Waals surface area contributed by atoms with Crippen molar-refractivity contribution >= 4 is 17.4 Å². The molecule has 0 aliphatic carbocycles. The molecule has 17 heavy (non-hydrogen) atoms. The SMILES string of the molecule is CC(C)CN(CCN(C)C)c1cc(Cl)ncn1. The molecule has 0 fully saturated rings. The summed E-state index contributed by atoms with van der Waals surface area (Å²) in [6.07, 6.45) is 1.51. The Kier molecular flexibility index (Phi) is 5.65. The van der Waals surface area contributed by atoms with Crippen LogP contribution in [0.4, 0.5) is 5.82 Å². The zero-order chi connectivity index (χ0) is 12.8. The van der Waals surface area contributed by atoms with Crippen molar-refractivity contribution in [1.29, 1.82) is 0 Å². The van der Waals surface area contributed by atoms with E-state index in [2.05, 4.69) is 47.7 Å². The smallest absolute Gasteiger partial charge is 0.134 e. The lowest BCUT2D eigenvalue weighted by Gasteiger charge is -2.26. The lowest BCUT2D eigenvalue weighted by atomic mass is 10.2. The van der Waals surface area contributed by atoms with Crippen LogP contribution in [-0.2, 0) is 0 Å². The van der Waals surface area contributed by atoms with Gasteiger partial charge in [-0.05, 0) is 20.0 Å². The molecule has 4 nitrogen and oxygen atoms in total. The van der Waals surface area contributed by atoms with Crippen LogP contribution in [0.5, 0.6) is 0 Å². The molecule has 0 spiro atoms. The van der Waals surface area contributed by atoms with E-state index in [0.717, 1.165) is 25.5 Å². The largest absolute Gasteiger partial charge is 0.355 e. The van der Waals surface area contributed by atoms with Crippen LogP contribution >= 0.6 is 11.6 Å². The Balaban J connectivity index is 2.74. The summed E-state index contributed by atoms with van der Waals surface area (Å²) in [5.41, 5.74) is 0. The molecular formula is C12H21ClN4. The summed E-state index contributed by atoms with van der Waals surface area (Å²) in [6, 6.07) is 1.82. The van der Waals surface area contributed by atoms with Gasteiger partial charge in [-0.15, -0.1) is 0 Å². The van der Waals surface area contributed by atoms with Gasteiger partial charge in [0, 0.05) is 25.7 Å². The summed E-state index contributed by atoms with van der Waals surface area (Å²) in [5, 5.41) is 0.494. The van der Waals surface area contributed by atoms with Crippen molar-refractivity contribution in [3.63, 3.8) is 0 Å². The maximum atomic E-state index is 5.90. The molecule has 1 rings (SSSR count). The normalized spacial score (nSPS) is 11.2. The number of halogens is 1. The van der Waals surface area contributed by atoms with Crippen molar-refractivity contribution in [3.8, 4) is 0 Å². The molecule has 0 aromatic carbocycles. The fourth-order valence-corrected chi connectivity index (χ4v) is 1.70. The molecule has 96 valence electrons. The number of anilines is 1. The van der Waals surface area contributed by atoms with Gasteiger partial charge in [0.1, 0.15) is 17.3 Å². The average molecular weight is 257 g/mol. The summed E-state index contributed by atoms with van der Waals surface area (Å²) in [4.78, 5) is 12.6. The van der Waals surface area contributed by atoms with E-state index in [0.29, 0.717) is 11.1 Å². The van der Waals surface area contributed by atoms with Crippen molar-refractivity contribution < 1.29 is 0 Å². The van der Waals surface area contributed by atoms with Crippen LogP contribution in [0.15, 0.2) is 12.4 Å². The number of hydrogen-bond donors (Lipinski definition) is 0. The molecule has 0 aliphatic rings. The summed E-state index contributed by atoms with van der Waals surface area (Å²) in [6.45, 7) is 7.31. The van der Waals surface area contributed by atoms with Crippen molar-refractivity contribution in [2.45, 2.75) is 13.8 Å². The van der Waals surface area contributed by atoms with Gasteiger partial charge in [-0.3, -0.25) is 0 Å². The fourth-order valence-electron chi connectivity index (χ4n) is 1.56. The van der Waals surface area contributed by atoms with Crippen LogP contribution in [0.25, 0.3) is 0 Å². The maximum Gasteiger partial charge on any atom is 0.134 e. The Morgan fingerprint density at radius 1 is 1.24 bits per heavy atom. The van der Waals surface area contributed by atoms with Gasteiger partial charge in [0.25, 0.3) is 0 Å². The minimum absolute atomic E-state index is 0.494. The minimum Gasteiger partial charge on any atom is -0.355 e. The lowest BCUT2D eigenvalue weighted by Crippen LogP contribution is -2.35. The molecule has 0 unspecified atom stereocenters. The summed E-state index contributed by atoms with van der Waals surface area (Å²) >= 11 is 5.90. The Hall–Kier alpha value is -0.870. The van der Waals surface area contributed by atoms with E-state index in [4.69, 9.17) is 11.6 Å².